The van der Waals surface area contributed by atoms with Gasteiger partial charge in [0.2, 0.25) is 0 Å². The lowest BCUT2D eigenvalue weighted by atomic mass is 9.91. The molecule has 0 saturated carbocycles. The molecule has 3 heterocycles. The molecular weight excluding hydrogens is 427 g/mol. The summed E-state index contributed by atoms with van der Waals surface area (Å²) in [6.45, 7) is 2.14. The van der Waals surface area contributed by atoms with Gasteiger partial charge in [0, 0.05) is 37.4 Å². The number of fused-ring (bicyclic) bond motifs is 1. The summed E-state index contributed by atoms with van der Waals surface area (Å²) in [7, 11) is 1.59. The number of methoxy groups -OCH3 is 1. The SMILES string of the molecule is COC1(C(=O)Nc2ccc3c(c2)CCN3C(=O)c2cccnc2)CCNCC1.Cl.Cl. The van der Waals surface area contributed by atoms with E-state index < -0.39 is 5.60 Å². The highest BCUT2D eigenvalue weighted by molar-refractivity contribution is 6.07. The van der Waals surface area contributed by atoms with Crippen LogP contribution in [0.1, 0.15) is 28.8 Å². The van der Waals surface area contributed by atoms with Gasteiger partial charge < -0.3 is 20.3 Å². The second-order valence-corrected chi connectivity index (χ2v) is 7.19. The van der Waals surface area contributed by atoms with E-state index in [1.807, 2.05) is 18.2 Å². The molecule has 2 aromatic rings. The van der Waals surface area contributed by atoms with E-state index >= 15 is 0 Å². The van der Waals surface area contributed by atoms with Crippen LogP contribution in [0.15, 0.2) is 42.7 Å². The number of amides is 2. The fraction of sp³-hybridized carbons (Fsp3) is 0.381. The molecule has 2 aliphatic rings. The van der Waals surface area contributed by atoms with Crippen LogP contribution in [0.2, 0.25) is 0 Å². The standard InChI is InChI=1S/C21H24N4O3.2ClH/c1-28-21(7-10-22-11-8-21)20(27)24-17-4-5-18-15(13-17)6-12-25(18)19(26)16-3-2-9-23-14-16;;/h2-5,9,13-14,22H,6-8,10-12H2,1H3,(H,24,27);2*1H. The largest absolute Gasteiger partial charge is 0.368 e. The first-order valence-electron chi connectivity index (χ1n) is 9.55. The Bertz CT molecular complexity index is 889. The van der Waals surface area contributed by atoms with Gasteiger partial charge in [-0.25, -0.2) is 0 Å². The Balaban J connectivity index is 0.00000160. The van der Waals surface area contributed by atoms with Crippen LogP contribution in [-0.2, 0) is 16.0 Å². The summed E-state index contributed by atoms with van der Waals surface area (Å²) >= 11 is 0. The Morgan fingerprint density at radius 3 is 2.63 bits per heavy atom. The lowest BCUT2D eigenvalue weighted by Gasteiger charge is -2.34. The molecule has 9 heteroatoms. The van der Waals surface area contributed by atoms with Gasteiger partial charge in [0.05, 0.1) is 5.56 Å². The van der Waals surface area contributed by atoms with Crippen molar-refractivity contribution in [3.05, 3.63) is 53.9 Å². The highest BCUT2D eigenvalue weighted by Crippen LogP contribution is 2.32. The van der Waals surface area contributed by atoms with Crippen LogP contribution in [0, 0.1) is 0 Å². The number of hydrogen-bond donors (Lipinski definition) is 2. The molecule has 2 N–H and O–H groups in total. The summed E-state index contributed by atoms with van der Waals surface area (Å²) in [5.74, 6) is -0.172. The van der Waals surface area contributed by atoms with Crippen LogP contribution in [0.3, 0.4) is 0 Å². The number of benzene rings is 1. The van der Waals surface area contributed by atoms with Gasteiger partial charge in [-0.15, -0.1) is 24.8 Å². The Kier molecular flexibility index (Phi) is 8.20. The van der Waals surface area contributed by atoms with Crippen molar-refractivity contribution in [3.63, 3.8) is 0 Å². The van der Waals surface area contributed by atoms with Gasteiger partial charge in [-0.2, -0.15) is 0 Å². The third-order valence-electron chi connectivity index (χ3n) is 5.60. The minimum Gasteiger partial charge on any atom is -0.368 e. The fourth-order valence-corrected chi connectivity index (χ4v) is 3.94. The van der Waals surface area contributed by atoms with Crippen LogP contribution < -0.4 is 15.5 Å². The molecule has 1 aromatic carbocycles. The maximum atomic E-state index is 12.8. The number of hydrogen-bond acceptors (Lipinski definition) is 5. The molecule has 0 unspecified atom stereocenters. The van der Waals surface area contributed by atoms with Crippen molar-refractivity contribution in [2.45, 2.75) is 24.9 Å². The molecule has 2 amide bonds. The summed E-state index contributed by atoms with van der Waals surface area (Å²) in [4.78, 5) is 31.4. The van der Waals surface area contributed by atoms with Crippen LogP contribution in [-0.4, -0.2) is 49.1 Å². The van der Waals surface area contributed by atoms with Crippen molar-refractivity contribution >= 4 is 48.0 Å². The predicted octanol–water partition coefficient (Wildman–Crippen LogP) is 2.84. The lowest BCUT2D eigenvalue weighted by Crippen LogP contribution is -2.51. The van der Waals surface area contributed by atoms with Crippen LogP contribution >= 0.6 is 24.8 Å². The van der Waals surface area contributed by atoms with Crippen LogP contribution in [0.5, 0.6) is 0 Å². The maximum Gasteiger partial charge on any atom is 0.259 e. The van der Waals surface area contributed by atoms with E-state index in [-0.39, 0.29) is 36.6 Å². The second kappa shape index (κ2) is 10.2. The first-order valence-corrected chi connectivity index (χ1v) is 9.55. The van der Waals surface area contributed by atoms with Crippen molar-refractivity contribution in [1.29, 1.82) is 0 Å². The van der Waals surface area contributed by atoms with Crippen molar-refractivity contribution in [2.75, 3.05) is 37.0 Å². The predicted molar refractivity (Wildman–Crippen MR) is 121 cm³/mol. The number of aromatic nitrogens is 1. The fourth-order valence-electron chi connectivity index (χ4n) is 3.94. The monoisotopic (exact) mass is 452 g/mol. The number of pyridine rings is 1. The zero-order chi connectivity index (χ0) is 19.6. The molecule has 1 aromatic heterocycles. The average molecular weight is 453 g/mol. The second-order valence-electron chi connectivity index (χ2n) is 7.19. The molecule has 2 aliphatic heterocycles. The van der Waals surface area contributed by atoms with Crippen molar-refractivity contribution < 1.29 is 14.3 Å². The van der Waals surface area contributed by atoms with Gasteiger partial charge in [0.25, 0.3) is 11.8 Å². The summed E-state index contributed by atoms with van der Waals surface area (Å²) < 4.78 is 5.59. The van der Waals surface area contributed by atoms with Gasteiger partial charge in [-0.3, -0.25) is 14.6 Å². The Morgan fingerprint density at radius 2 is 1.97 bits per heavy atom. The van der Waals surface area contributed by atoms with Crippen LogP contribution in [0.4, 0.5) is 11.4 Å². The molecule has 0 radical (unpaired) electrons. The molecule has 1 fully saturated rings. The Morgan fingerprint density at radius 1 is 1.20 bits per heavy atom. The summed E-state index contributed by atoms with van der Waals surface area (Å²) in [5, 5.41) is 6.26. The van der Waals surface area contributed by atoms with Crippen molar-refractivity contribution in [2.24, 2.45) is 0 Å². The lowest BCUT2D eigenvalue weighted by molar-refractivity contribution is -0.140. The van der Waals surface area contributed by atoms with Gasteiger partial charge in [0.1, 0.15) is 5.60 Å². The quantitative estimate of drug-likeness (QED) is 0.744. The smallest absolute Gasteiger partial charge is 0.259 e. The highest BCUT2D eigenvalue weighted by Gasteiger charge is 2.39. The van der Waals surface area contributed by atoms with Gasteiger partial charge >= 0.3 is 0 Å². The van der Waals surface area contributed by atoms with E-state index in [0.717, 1.165) is 36.4 Å². The Hall–Kier alpha value is -2.19. The Labute approximate surface area is 188 Å². The molecule has 30 heavy (non-hydrogen) atoms. The van der Waals surface area contributed by atoms with E-state index in [0.29, 0.717) is 24.9 Å². The average Bonchev–Trinajstić information content (AvgIpc) is 3.17. The maximum absolute atomic E-state index is 12.8. The van der Waals surface area contributed by atoms with E-state index in [1.54, 1.807) is 36.5 Å². The molecule has 0 spiro atoms. The molecule has 0 atom stereocenters. The molecule has 1 saturated heterocycles. The van der Waals surface area contributed by atoms with Gasteiger partial charge in [-0.1, -0.05) is 0 Å². The highest BCUT2D eigenvalue weighted by atomic mass is 35.5. The molecule has 4 rings (SSSR count). The number of halogens is 2. The van der Waals surface area contributed by atoms with E-state index in [1.165, 1.54) is 0 Å². The number of piperidine rings is 1. The van der Waals surface area contributed by atoms with Crippen molar-refractivity contribution in [1.82, 2.24) is 10.3 Å². The van der Waals surface area contributed by atoms with Gasteiger partial charge in [-0.05, 0) is 68.2 Å². The number of anilines is 2. The van der Waals surface area contributed by atoms with Crippen molar-refractivity contribution in [3.8, 4) is 0 Å². The summed E-state index contributed by atoms with van der Waals surface area (Å²) in [5.41, 5.74) is 2.45. The zero-order valence-corrected chi connectivity index (χ0v) is 18.4. The molecule has 162 valence electrons. The number of nitrogens with one attached hydrogen (secondary N) is 2. The normalized spacial score (nSPS) is 16.6. The van der Waals surface area contributed by atoms with E-state index in [9.17, 15) is 9.59 Å². The summed E-state index contributed by atoms with van der Waals surface area (Å²) in [6.07, 6.45) is 5.28. The number of ether oxygens (including phenoxy) is 1. The third-order valence-corrected chi connectivity index (χ3v) is 5.60. The third kappa shape index (κ3) is 4.59. The minimum absolute atomic E-state index is 0. The number of rotatable bonds is 4. The minimum atomic E-state index is -0.785. The zero-order valence-electron chi connectivity index (χ0n) is 16.7. The topological polar surface area (TPSA) is 83.6 Å². The van der Waals surface area contributed by atoms with Gasteiger partial charge in [0.15, 0.2) is 0 Å². The first-order chi connectivity index (χ1) is 13.6. The summed E-state index contributed by atoms with van der Waals surface area (Å²) in [6, 6.07) is 9.22. The van der Waals surface area contributed by atoms with E-state index in [4.69, 9.17) is 4.74 Å². The molecule has 0 bridgehead atoms. The number of carbonyl (C=O) groups is 2. The van der Waals surface area contributed by atoms with E-state index in [2.05, 4.69) is 15.6 Å². The number of carbonyl (C=O) groups excluding carboxylic acids is 2. The van der Waals surface area contributed by atoms with Crippen LogP contribution in [0.25, 0.3) is 0 Å². The molecular formula is C21H26Cl2N4O3. The molecule has 7 nitrogen and oxygen atoms in total. The first kappa shape index (κ1) is 24.1. The number of nitrogens with zero attached hydrogens (tertiary/aromatic N) is 2. The molecule has 0 aliphatic carbocycles.